The highest BCUT2D eigenvalue weighted by molar-refractivity contribution is 9.10. The Balaban J connectivity index is 2.02. The number of fused-ring (bicyclic) bond motifs is 1. The molecule has 0 bridgehead atoms. The molecule has 0 aliphatic heterocycles. The number of amides is 2. The number of pyridine rings is 1. The molecule has 6 nitrogen and oxygen atoms in total. The van der Waals surface area contributed by atoms with E-state index in [4.69, 9.17) is 17.3 Å². The summed E-state index contributed by atoms with van der Waals surface area (Å²) in [5.74, 6) is -2.54. The molecule has 0 spiro atoms. The molecule has 1 atom stereocenters. The lowest BCUT2D eigenvalue weighted by atomic mass is 9.91. The van der Waals surface area contributed by atoms with Crippen LogP contribution in [-0.2, 0) is 10.3 Å². The topological polar surface area (TPSA) is 89.5 Å². The molecule has 0 aliphatic carbocycles. The molecule has 26 heavy (non-hydrogen) atoms. The van der Waals surface area contributed by atoms with E-state index in [1.807, 2.05) is 0 Å². The molecule has 2 amide bonds. The van der Waals surface area contributed by atoms with Crippen molar-refractivity contribution in [1.82, 2.24) is 14.7 Å². The molecule has 0 saturated heterocycles. The SMILES string of the molecule is CC(NC(=O)c1nc2ccc(Br)cn2c1F)(C(N)=O)c1cccc(Cl)c1. The Kier molecular flexibility index (Phi) is 4.72. The number of imidazole rings is 1. The zero-order valence-electron chi connectivity index (χ0n) is 13.5. The zero-order chi connectivity index (χ0) is 19.1. The summed E-state index contributed by atoms with van der Waals surface area (Å²) in [5, 5.41) is 2.84. The number of carbonyl (C=O) groups is 2. The summed E-state index contributed by atoms with van der Waals surface area (Å²) < 4.78 is 16.3. The lowest BCUT2D eigenvalue weighted by Gasteiger charge is -2.27. The van der Waals surface area contributed by atoms with Gasteiger partial charge in [0.05, 0.1) is 0 Å². The largest absolute Gasteiger partial charge is 0.367 e. The van der Waals surface area contributed by atoms with Crippen molar-refractivity contribution in [3.8, 4) is 0 Å². The molecule has 2 heterocycles. The Morgan fingerprint density at radius 3 is 2.73 bits per heavy atom. The van der Waals surface area contributed by atoms with Crippen molar-refractivity contribution >= 4 is 45.0 Å². The van der Waals surface area contributed by atoms with Gasteiger partial charge in [-0.2, -0.15) is 4.39 Å². The van der Waals surface area contributed by atoms with Crippen LogP contribution in [0.5, 0.6) is 0 Å². The maximum atomic E-state index is 14.6. The van der Waals surface area contributed by atoms with Gasteiger partial charge < -0.3 is 11.1 Å². The molecular weight excluding hydrogens is 427 g/mol. The van der Waals surface area contributed by atoms with E-state index < -0.39 is 29.0 Å². The molecule has 3 aromatic rings. The number of rotatable bonds is 4. The van der Waals surface area contributed by atoms with Gasteiger partial charge in [-0.3, -0.25) is 14.0 Å². The van der Waals surface area contributed by atoms with Crippen molar-refractivity contribution in [2.75, 3.05) is 0 Å². The molecule has 0 fully saturated rings. The van der Waals surface area contributed by atoms with Gasteiger partial charge in [0.15, 0.2) is 5.69 Å². The van der Waals surface area contributed by atoms with Gasteiger partial charge in [-0.25, -0.2) is 4.98 Å². The van der Waals surface area contributed by atoms with Gasteiger partial charge in [-0.15, -0.1) is 0 Å². The van der Waals surface area contributed by atoms with Gasteiger partial charge in [0, 0.05) is 15.7 Å². The number of aromatic nitrogens is 2. The first kappa shape index (κ1) is 18.3. The molecule has 0 aliphatic rings. The smallest absolute Gasteiger partial charge is 0.275 e. The van der Waals surface area contributed by atoms with E-state index in [9.17, 15) is 14.0 Å². The molecular formula is C17H13BrClFN4O2. The van der Waals surface area contributed by atoms with Crippen molar-refractivity contribution in [1.29, 1.82) is 0 Å². The number of carbonyl (C=O) groups excluding carboxylic acids is 2. The number of hydrogen-bond acceptors (Lipinski definition) is 3. The van der Waals surface area contributed by atoms with Crippen molar-refractivity contribution in [3.63, 3.8) is 0 Å². The molecule has 3 N–H and O–H groups in total. The highest BCUT2D eigenvalue weighted by atomic mass is 79.9. The fraction of sp³-hybridized carbons (Fsp3) is 0.118. The molecule has 0 radical (unpaired) electrons. The van der Waals surface area contributed by atoms with Crippen molar-refractivity contribution in [2.24, 2.45) is 5.73 Å². The second-order valence-corrected chi connectivity index (χ2v) is 7.13. The summed E-state index contributed by atoms with van der Waals surface area (Å²) in [6.07, 6.45) is 1.44. The third-order valence-electron chi connectivity index (χ3n) is 4.00. The number of nitrogens with one attached hydrogen (secondary N) is 1. The Bertz CT molecular complexity index is 1040. The van der Waals surface area contributed by atoms with Gasteiger partial charge in [0.2, 0.25) is 11.9 Å². The van der Waals surface area contributed by atoms with Crippen molar-refractivity contribution in [3.05, 3.63) is 69.3 Å². The minimum absolute atomic E-state index is 0.249. The number of benzene rings is 1. The average molecular weight is 440 g/mol. The quantitative estimate of drug-likeness (QED) is 0.655. The van der Waals surface area contributed by atoms with E-state index in [0.29, 0.717) is 15.1 Å². The summed E-state index contributed by atoms with van der Waals surface area (Å²) in [5.41, 5.74) is 4.07. The molecule has 134 valence electrons. The number of primary amides is 1. The molecule has 0 saturated carbocycles. The number of nitrogens with two attached hydrogens (primary N) is 1. The highest BCUT2D eigenvalue weighted by Crippen LogP contribution is 2.25. The van der Waals surface area contributed by atoms with Crippen LogP contribution < -0.4 is 11.1 Å². The first-order chi connectivity index (χ1) is 12.2. The maximum Gasteiger partial charge on any atom is 0.275 e. The van der Waals surface area contributed by atoms with Gasteiger partial charge in [-0.1, -0.05) is 23.7 Å². The summed E-state index contributed by atoms with van der Waals surface area (Å²) >= 11 is 9.19. The Morgan fingerprint density at radius 2 is 2.08 bits per heavy atom. The molecule has 9 heteroatoms. The van der Waals surface area contributed by atoms with Crippen LogP contribution in [0, 0.1) is 5.95 Å². The van der Waals surface area contributed by atoms with Crippen LogP contribution in [-0.4, -0.2) is 21.2 Å². The standard InChI is InChI=1S/C17H13BrClFN4O2/c1-17(16(21)26,9-3-2-4-11(19)7-9)23-15(25)13-14(20)24-8-10(18)5-6-12(24)22-13/h2-8H,1H3,(H2,21,26)(H,23,25). The van der Waals surface area contributed by atoms with Crippen LogP contribution in [0.25, 0.3) is 5.65 Å². The van der Waals surface area contributed by atoms with Gasteiger partial charge in [0.1, 0.15) is 11.2 Å². The number of halogens is 3. The minimum Gasteiger partial charge on any atom is -0.367 e. The second-order valence-electron chi connectivity index (χ2n) is 5.78. The van der Waals surface area contributed by atoms with Crippen LogP contribution >= 0.6 is 27.5 Å². The monoisotopic (exact) mass is 438 g/mol. The zero-order valence-corrected chi connectivity index (χ0v) is 15.8. The third-order valence-corrected chi connectivity index (χ3v) is 4.70. The van der Waals surface area contributed by atoms with Crippen LogP contribution in [0.1, 0.15) is 23.0 Å². The molecule has 1 unspecified atom stereocenters. The predicted molar refractivity (Wildman–Crippen MR) is 98.3 cm³/mol. The van der Waals surface area contributed by atoms with Crippen LogP contribution in [0.3, 0.4) is 0 Å². The molecule has 2 aromatic heterocycles. The number of nitrogens with zero attached hydrogens (tertiary/aromatic N) is 2. The van der Waals surface area contributed by atoms with Crippen LogP contribution in [0.4, 0.5) is 4.39 Å². The summed E-state index contributed by atoms with van der Waals surface area (Å²) in [4.78, 5) is 28.6. The van der Waals surface area contributed by atoms with E-state index >= 15 is 0 Å². The summed E-state index contributed by atoms with van der Waals surface area (Å²) in [6.45, 7) is 1.42. The fourth-order valence-electron chi connectivity index (χ4n) is 2.50. The first-order valence-corrected chi connectivity index (χ1v) is 8.61. The molecule has 3 rings (SSSR count). The van der Waals surface area contributed by atoms with Gasteiger partial charge >= 0.3 is 0 Å². The Labute approximate surface area is 161 Å². The van der Waals surface area contributed by atoms with E-state index in [0.717, 1.165) is 4.40 Å². The van der Waals surface area contributed by atoms with Crippen LogP contribution in [0.15, 0.2) is 47.1 Å². The van der Waals surface area contributed by atoms with E-state index in [1.54, 1.807) is 30.3 Å². The second kappa shape index (κ2) is 6.69. The summed E-state index contributed by atoms with van der Waals surface area (Å²) in [7, 11) is 0. The third kappa shape index (κ3) is 3.17. The van der Waals surface area contributed by atoms with Gasteiger partial charge in [-0.05, 0) is 52.7 Å². The lowest BCUT2D eigenvalue weighted by Crippen LogP contribution is -2.53. The normalized spacial score (nSPS) is 13.4. The molecule has 1 aromatic carbocycles. The minimum atomic E-state index is -1.59. The first-order valence-electron chi connectivity index (χ1n) is 7.44. The fourth-order valence-corrected chi connectivity index (χ4v) is 3.02. The average Bonchev–Trinajstić information content (AvgIpc) is 2.91. The predicted octanol–water partition coefficient (Wildman–Crippen LogP) is 3.02. The Morgan fingerprint density at radius 1 is 1.35 bits per heavy atom. The van der Waals surface area contributed by atoms with Crippen molar-refractivity contribution in [2.45, 2.75) is 12.5 Å². The van der Waals surface area contributed by atoms with E-state index in [-0.39, 0.29) is 5.65 Å². The Hall–Kier alpha value is -2.45. The number of hydrogen-bond donors (Lipinski definition) is 2. The van der Waals surface area contributed by atoms with Gasteiger partial charge in [0.25, 0.3) is 5.91 Å². The summed E-state index contributed by atoms with van der Waals surface area (Å²) in [6, 6.07) is 9.55. The van der Waals surface area contributed by atoms with E-state index in [2.05, 4.69) is 26.2 Å². The maximum absolute atomic E-state index is 14.6. The van der Waals surface area contributed by atoms with Crippen molar-refractivity contribution < 1.29 is 14.0 Å². The lowest BCUT2D eigenvalue weighted by molar-refractivity contribution is -0.123. The highest BCUT2D eigenvalue weighted by Gasteiger charge is 2.37. The van der Waals surface area contributed by atoms with Crippen LogP contribution in [0.2, 0.25) is 5.02 Å². The van der Waals surface area contributed by atoms with E-state index in [1.165, 1.54) is 19.2 Å².